The fourth-order valence-electron chi connectivity index (χ4n) is 2.28. The van der Waals surface area contributed by atoms with E-state index in [0.29, 0.717) is 16.3 Å². The number of nitrogens with zero attached hydrogens (tertiary/aromatic N) is 3. The molecule has 0 saturated heterocycles. The molecule has 0 fully saturated rings. The highest BCUT2D eigenvalue weighted by molar-refractivity contribution is 7.71. The Balaban J connectivity index is 2.04. The minimum absolute atomic E-state index is 0.426. The van der Waals surface area contributed by atoms with Gasteiger partial charge in [-0.2, -0.15) is 14.9 Å². The second-order valence-electron chi connectivity index (χ2n) is 5.02. The summed E-state index contributed by atoms with van der Waals surface area (Å²) in [5.41, 5.74) is 3.00. The molecular weight excluding hydrogens is 308 g/mol. The highest BCUT2D eigenvalue weighted by atomic mass is 32.1. The highest BCUT2D eigenvalue weighted by Crippen LogP contribution is 2.27. The van der Waals surface area contributed by atoms with Gasteiger partial charge in [0.2, 0.25) is 4.77 Å². The maximum Gasteiger partial charge on any atom is 0.216 e. The van der Waals surface area contributed by atoms with E-state index in [1.165, 1.54) is 5.56 Å². The van der Waals surface area contributed by atoms with Crippen LogP contribution in [0.3, 0.4) is 0 Å². The Labute approximate surface area is 139 Å². The molecule has 3 rings (SSSR count). The minimum atomic E-state index is 0.426. The van der Waals surface area contributed by atoms with E-state index in [4.69, 9.17) is 17.0 Å². The van der Waals surface area contributed by atoms with E-state index >= 15 is 0 Å². The van der Waals surface area contributed by atoms with Crippen molar-refractivity contribution in [2.24, 2.45) is 5.10 Å². The maximum absolute atomic E-state index is 5.39. The number of aromatic amines is 1. The van der Waals surface area contributed by atoms with E-state index in [1.54, 1.807) is 18.0 Å². The van der Waals surface area contributed by atoms with Crippen molar-refractivity contribution in [1.82, 2.24) is 14.9 Å². The average Bonchev–Trinajstić information content (AvgIpc) is 2.93. The van der Waals surface area contributed by atoms with Crippen molar-refractivity contribution in [3.63, 3.8) is 0 Å². The van der Waals surface area contributed by atoms with Crippen molar-refractivity contribution in [2.45, 2.75) is 6.92 Å². The number of nitrogens with one attached hydrogen (secondary N) is 1. The molecule has 0 atom stereocenters. The summed E-state index contributed by atoms with van der Waals surface area (Å²) in [6.07, 6.45) is 1.76. The first-order chi connectivity index (χ1) is 11.2. The molecule has 0 bridgehead atoms. The summed E-state index contributed by atoms with van der Waals surface area (Å²) in [4.78, 5) is 0. The van der Waals surface area contributed by atoms with E-state index in [1.807, 2.05) is 49.4 Å². The smallest absolute Gasteiger partial charge is 0.216 e. The van der Waals surface area contributed by atoms with E-state index in [2.05, 4.69) is 21.4 Å². The molecule has 0 radical (unpaired) electrons. The Bertz CT molecular complexity index is 911. The van der Waals surface area contributed by atoms with E-state index in [-0.39, 0.29) is 0 Å². The third kappa shape index (κ3) is 3.22. The normalized spacial score (nSPS) is 11.0. The lowest BCUT2D eigenvalue weighted by atomic mass is 10.2. The summed E-state index contributed by atoms with van der Waals surface area (Å²) < 4.78 is 7.41. The Morgan fingerprint density at radius 3 is 2.83 bits per heavy atom. The number of ether oxygens (including phenoxy) is 1. The molecule has 116 valence electrons. The third-order valence-electron chi connectivity index (χ3n) is 3.36. The number of hydrogen-bond donors (Lipinski definition) is 1. The number of aryl methyl sites for hydroxylation is 1. The van der Waals surface area contributed by atoms with Gasteiger partial charge >= 0.3 is 0 Å². The summed E-state index contributed by atoms with van der Waals surface area (Å²) in [7, 11) is 1.63. The Morgan fingerprint density at radius 2 is 2.04 bits per heavy atom. The number of methoxy groups -OCH3 is 1. The zero-order chi connectivity index (χ0) is 16.2. The van der Waals surface area contributed by atoms with Crippen LogP contribution in [0, 0.1) is 11.7 Å². The van der Waals surface area contributed by atoms with Crippen molar-refractivity contribution in [3.8, 4) is 17.1 Å². The molecule has 0 spiro atoms. The number of rotatable bonds is 4. The van der Waals surface area contributed by atoms with Crippen LogP contribution >= 0.6 is 12.2 Å². The molecule has 23 heavy (non-hydrogen) atoms. The first-order valence-electron chi connectivity index (χ1n) is 7.11. The van der Waals surface area contributed by atoms with Crippen LogP contribution in [0.15, 0.2) is 53.6 Å². The number of benzene rings is 2. The van der Waals surface area contributed by atoms with Gasteiger partial charge in [-0.15, -0.1) is 0 Å². The molecule has 5 nitrogen and oxygen atoms in total. The largest absolute Gasteiger partial charge is 0.496 e. The zero-order valence-corrected chi connectivity index (χ0v) is 13.7. The van der Waals surface area contributed by atoms with E-state index < -0.39 is 0 Å². The van der Waals surface area contributed by atoms with Crippen molar-refractivity contribution in [3.05, 3.63) is 64.4 Å². The predicted octanol–water partition coefficient (Wildman–Crippen LogP) is 3.81. The minimum Gasteiger partial charge on any atom is -0.496 e. The van der Waals surface area contributed by atoms with Crippen LogP contribution in [0.25, 0.3) is 11.4 Å². The molecule has 0 aliphatic rings. The van der Waals surface area contributed by atoms with Crippen LogP contribution in [0.2, 0.25) is 0 Å². The van der Waals surface area contributed by atoms with Crippen molar-refractivity contribution in [1.29, 1.82) is 0 Å². The molecule has 0 aliphatic carbocycles. The monoisotopic (exact) mass is 324 g/mol. The SMILES string of the molecule is COc1ccccc1-c1n[nH]c(=S)n1/N=C\c1cccc(C)c1. The summed E-state index contributed by atoms with van der Waals surface area (Å²) in [5, 5.41) is 11.5. The molecule has 1 aromatic heterocycles. The molecule has 2 aromatic carbocycles. The van der Waals surface area contributed by atoms with Gasteiger partial charge in [-0.05, 0) is 36.8 Å². The van der Waals surface area contributed by atoms with Crippen LogP contribution in [0.4, 0.5) is 0 Å². The lowest BCUT2D eigenvalue weighted by Gasteiger charge is -2.06. The fourth-order valence-corrected chi connectivity index (χ4v) is 2.46. The Hall–Kier alpha value is -2.73. The van der Waals surface area contributed by atoms with Gasteiger partial charge in [0, 0.05) is 0 Å². The summed E-state index contributed by atoms with van der Waals surface area (Å²) in [5.74, 6) is 1.32. The molecular formula is C17H16N4OS. The van der Waals surface area contributed by atoms with Crippen LogP contribution in [-0.2, 0) is 0 Å². The highest BCUT2D eigenvalue weighted by Gasteiger charge is 2.12. The Kier molecular flexibility index (Phi) is 4.34. The Morgan fingerprint density at radius 1 is 1.22 bits per heavy atom. The lowest BCUT2D eigenvalue weighted by Crippen LogP contribution is -1.97. The first kappa shape index (κ1) is 15.2. The van der Waals surface area contributed by atoms with Gasteiger partial charge in [0.25, 0.3) is 0 Å². The average molecular weight is 324 g/mol. The number of H-pyrrole nitrogens is 1. The van der Waals surface area contributed by atoms with Gasteiger partial charge in [-0.3, -0.25) is 0 Å². The summed E-state index contributed by atoms with van der Waals surface area (Å²) in [6.45, 7) is 2.04. The fraction of sp³-hybridized carbons (Fsp3) is 0.118. The standard InChI is InChI=1S/C17H16N4OS/c1-12-6-5-7-13(10-12)11-18-21-16(19-20-17(21)23)14-8-3-4-9-15(14)22-2/h3-11H,1-2H3,(H,20,23)/b18-11-. The number of hydrogen-bond acceptors (Lipinski definition) is 4. The second kappa shape index (κ2) is 6.58. The van der Waals surface area contributed by atoms with Gasteiger partial charge in [0.1, 0.15) is 5.75 Å². The van der Waals surface area contributed by atoms with Crippen molar-refractivity contribution < 1.29 is 4.74 Å². The summed E-state index contributed by atoms with van der Waals surface area (Å²) in [6, 6.07) is 15.7. The van der Waals surface area contributed by atoms with Gasteiger partial charge in [-0.25, -0.2) is 5.10 Å². The molecule has 1 N–H and O–H groups in total. The second-order valence-corrected chi connectivity index (χ2v) is 5.41. The van der Waals surface area contributed by atoms with Gasteiger partial charge in [0.05, 0.1) is 18.9 Å². The van der Waals surface area contributed by atoms with Crippen molar-refractivity contribution >= 4 is 18.4 Å². The predicted molar refractivity (Wildman–Crippen MR) is 93.6 cm³/mol. The zero-order valence-electron chi connectivity index (χ0n) is 12.9. The molecule has 0 saturated carbocycles. The molecule has 3 aromatic rings. The molecule has 0 aliphatic heterocycles. The number of aromatic nitrogens is 3. The quantitative estimate of drug-likeness (QED) is 0.586. The van der Waals surface area contributed by atoms with Gasteiger partial charge < -0.3 is 4.74 Å². The van der Waals surface area contributed by atoms with Crippen LogP contribution in [0.5, 0.6) is 5.75 Å². The molecule has 1 heterocycles. The molecule has 0 amide bonds. The molecule has 6 heteroatoms. The molecule has 0 unspecified atom stereocenters. The first-order valence-corrected chi connectivity index (χ1v) is 7.51. The van der Waals surface area contributed by atoms with Gasteiger partial charge in [0.15, 0.2) is 5.82 Å². The van der Waals surface area contributed by atoms with Crippen LogP contribution < -0.4 is 4.74 Å². The van der Waals surface area contributed by atoms with Crippen LogP contribution in [-0.4, -0.2) is 28.2 Å². The lowest BCUT2D eigenvalue weighted by molar-refractivity contribution is 0.416. The van der Waals surface area contributed by atoms with Crippen LogP contribution in [0.1, 0.15) is 11.1 Å². The maximum atomic E-state index is 5.39. The topological polar surface area (TPSA) is 55.2 Å². The van der Waals surface area contributed by atoms with E-state index in [0.717, 1.165) is 11.1 Å². The number of para-hydroxylation sites is 1. The van der Waals surface area contributed by atoms with Crippen molar-refractivity contribution in [2.75, 3.05) is 7.11 Å². The van der Waals surface area contributed by atoms with Gasteiger partial charge in [-0.1, -0.05) is 42.0 Å². The third-order valence-corrected chi connectivity index (χ3v) is 3.63. The van der Waals surface area contributed by atoms with E-state index in [9.17, 15) is 0 Å². The summed E-state index contributed by atoms with van der Waals surface area (Å²) >= 11 is 5.28.